The number of methoxy groups -OCH3 is 1. The summed E-state index contributed by atoms with van der Waals surface area (Å²) in [5, 5.41) is -0.0942. The van der Waals surface area contributed by atoms with Gasteiger partial charge >= 0.3 is 5.97 Å². The van der Waals surface area contributed by atoms with Crippen molar-refractivity contribution < 1.29 is 22.7 Å². The van der Waals surface area contributed by atoms with Crippen LogP contribution in [0.15, 0.2) is 30.3 Å². The zero-order chi connectivity index (χ0) is 15.6. The number of hydrogen-bond donors (Lipinski definition) is 0. The highest BCUT2D eigenvalue weighted by Crippen LogP contribution is 2.24. The SMILES string of the molecule is COC(=O)c1c(F)ccc(Cc2cccc(Cl)c2F)c1F. The highest BCUT2D eigenvalue weighted by molar-refractivity contribution is 6.30. The Bertz CT molecular complexity index is 702. The maximum absolute atomic E-state index is 14.2. The lowest BCUT2D eigenvalue weighted by Gasteiger charge is -2.09. The molecule has 2 aromatic carbocycles. The van der Waals surface area contributed by atoms with Crippen LogP contribution in [0.3, 0.4) is 0 Å². The average molecular weight is 315 g/mol. The average Bonchev–Trinajstić information content (AvgIpc) is 2.46. The smallest absolute Gasteiger partial charge is 0.343 e. The molecular formula is C15H10ClF3O2. The standard InChI is InChI=1S/C15H10ClF3O2/c1-21-15(20)12-11(17)6-5-9(14(12)19)7-8-3-2-4-10(16)13(8)18/h2-6H,7H2,1H3. The molecule has 0 aliphatic heterocycles. The number of carbonyl (C=O) groups excluding carboxylic acids is 1. The predicted octanol–water partition coefficient (Wildman–Crippen LogP) is 4.13. The van der Waals surface area contributed by atoms with Crippen LogP contribution in [0.25, 0.3) is 0 Å². The highest BCUT2D eigenvalue weighted by Gasteiger charge is 2.21. The molecule has 0 amide bonds. The van der Waals surface area contributed by atoms with Gasteiger partial charge in [-0.05, 0) is 23.3 Å². The van der Waals surface area contributed by atoms with Gasteiger partial charge in [0.25, 0.3) is 0 Å². The van der Waals surface area contributed by atoms with Gasteiger partial charge in [-0.3, -0.25) is 0 Å². The van der Waals surface area contributed by atoms with Crippen LogP contribution in [0, 0.1) is 17.5 Å². The van der Waals surface area contributed by atoms with E-state index < -0.39 is 29.0 Å². The van der Waals surface area contributed by atoms with E-state index in [0.717, 1.165) is 19.2 Å². The van der Waals surface area contributed by atoms with Crippen molar-refractivity contribution in [1.82, 2.24) is 0 Å². The molecule has 2 nitrogen and oxygen atoms in total. The summed E-state index contributed by atoms with van der Waals surface area (Å²) in [6.07, 6.45) is -0.164. The van der Waals surface area contributed by atoms with E-state index in [4.69, 9.17) is 11.6 Å². The van der Waals surface area contributed by atoms with Crippen molar-refractivity contribution in [2.45, 2.75) is 6.42 Å². The molecule has 2 rings (SSSR count). The van der Waals surface area contributed by atoms with Gasteiger partial charge in [0.1, 0.15) is 23.0 Å². The van der Waals surface area contributed by atoms with E-state index >= 15 is 0 Å². The summed E-state index contributed by atoms with van der Waals surface area (Å²) in [5.41, 5.74) is -0.681. The number of hydrogen-bond acceptors (Lipinski definition) is 2. The van der Waals surface area contributed by atoms with E-state index in [2.05, 4.69) is 4.74 Å². The molecule has 110 valence electrons. The van der Waals surface area contributed by atoms with Crippen LogP contribution < -0.4 is 0 Å². The highest BCUT2D eigenvalue weighted by atomic mass is 35.5. The lowest BCUT2D eigenvalue weighted by Crippen LogP contribution is -2.10. The van der Waals surface area contributed by atoms with Crippen molar-refractivity contribution >= 4 is 17.6 Å². The van der Waals surface area contributed by atoms with Gasteiger partial charge in [-0.2, -0.15) is 0 Å². The molecule has 21 heavy (non-hydrogen) atoms. The minimum absolute atomic E-state index is 0.0297. The lowest BCUT2D eigenvalue weighted by atomic mass is 10.0. The third-order valence-electron chi connectivity index (χ3n) is 2.97. The Morgan fingerprint density at radius 2 is 1.76 bits per heavy atom. The molecule has 0 N–H and O–H groups in total. The van der Waals surface area contributed by atoms with E-state index in [9.17, 15) is 18.0 Å². The molecule has 0 atom stereocenters. The summed E-state index contributed by atoms with van der Waals surface area (Å²) < 4.78 is 45.8. The van der Waals surface area contributed by atoms with E-state index in [-0.39, 0.29) is 22.6 Å². The van der Waals surface area contributed by atoms with Gasteiger partial charge in [0.2, 0.25) is 0 Å². The molecule has 0 radical (unpaired) electrons. The summed E-state index contributed by atoms with van der Waals surface area (Å²) >= 11 is 5.65. The van der Waals surface area contributed by atoms with Crippen LogP contribution in [0.2, 0.25) is 5.02 Å². The first kappa shape index (κ1) is 15.4. The van der Waals surface area contributed by atoms with E-state index in [0.29, 0.717) is 0 Å². The van der Waals surface area contributed by atoms with E-state index in [1.54, 1.807) is 0 Å². The Balaban J connectivity index is 2.46. The van der Waals surface area contributed by atoms with Crippen LogP contribution in [0.1, 0.15) is 21.5 Å². The minimum atomic E-state index is -1.13. The van der Waals surface area contributed by atoms with Crippen molar-refractivity contribution in [2.24, 2.45) is 0 Å². The normalized spacial score (nSPS) is 10.5. The van der Waals surface area contributed by atoms with Crippen molar-refractivity contribution in [3.8, 4) is 0 Å². The Hall–Kier alpha value is -2.01. The fraction of sp³-hybridized carbons (Fsp3) is 0.133. The van der Waals surface area contributed by atoms with Crippen LogP contribution in [-0.4, -0.2) is 13.1 Å². The maximum atomic E-state index is 14.2. The second-order valence-corrected chi connectivity index (χ2v) is 4.68. The topological polar surface area (TPSA) is 26.3 Å². The zero-order valence-corrected chi connectivity index (χ0v) is 11.7. The number of esters is 1. The molecule has 0 fully saturated rings. The van der Waals surface area contributed by atoms with Gasteiger partial charge in [0.05, 0.1) is 12.1 Å². The monoisotopic (exact) mass is 314 g/mol. The van der Waals surface area contributed by atoms with E-state index in [1.807, 2.05) is 0 Å². The molecule has 0 heterocycles. The van der Waals surface area contributed by atoms with Gasteiger partial charge in [0.15, 0.2) is 0 Å². The van der Waals surface area contributed by atoms with Crippen molar-refractivity contribution in [3.63, 3.8) is 0 Å². The third kappa shape index (κ3) is 3.03. The molecule has 0 spiro atoms. The van der Waals surface area contributed by atoms with E-state index in [1.165, 1.54) is 18.2 Å². The van der Waals surface area contributed by atoms with Gasteiger partial charge in [0, 0.05) is 6.42 Å². The maximum Gasteiger partial charge on any atom is 0.343 e. The Kier molecular flexibility index (Phi) is 4.53. The second kappa shape index (κ2) is 6.18. The van der Waals surface area contributed by atoms with Crippen LogP contribution in [0.4, 0.5) is 13.2 Å². The minimum Gasteiger partial charge on any atom is -0.465 e. The van der Waals surface area contributed by atoms with Gasteiger partial charge < -0.3 is 4.74 Å². The molecule has 6 heteroatoms. The first-order chi connectivity index (χ1) is 9.95. The Labute approximate surface area is 124 Å². The summed E-state index contributed by atoms with van der Waals surface area (Å²) in [6, 6.07) is 6.40. The number of rotatable bonds is 3. The summed E-state index contributed by atoms with van der Waals surface area (Å²) in [5.74, 6) is -3.91. The molecule has 0 bridgehead atoms. The fourth-order valence-corrected chi connectivity index (χ4v) is 2.11. The molecule has 0 saturated heterocycles. The van der Waals surface area contributed by atoms with Crippen molar-refractivity contribution in [2.75, 3.05) is 7.11 Å². The zero-order valence-electron chi connectivity index (χ0n) is 10.9. The number of benzene rings is 2. The molecule has 2 aromatic rings. The van der Waals surface area contributed by atoms with Gasteiger partial charge in [-0.1, -0.05) is 29.8 Å². The number of carbonyl (C=O) groups is 1. The lowest BCUT2D eigenvalue weighted by molar-refractivity contribution is 0.0589. The summed E-state index contributed by atoms with van der Waals surface area (Å²) in [4.78, 5) is 11.4. The third-order valence-corrected chi connectivity index (χ3v) is 3.26. The first-order valence-electron chi connectivity index (χ1n) is 5.93. The van der Waals surface area contributed by atoms with Crippen LogP contribution in [-0.2, 0) is 11.2 Å². The van der Waals surface area contributed by atoms with Gasteiger partial charge in [-0.15, -0.1) is 0 Å². The largest absolute Gasteiger partial charge is 0.465 e. The Morgan fingerprint density at radius 3 is 2.43 bits per heavy atom. The van der Waals surface area contributed by atoms with Crippen LogP contribution >= 0.6 is 11.6 Å². The molecule has 0 saturated carbocycles. The second-order valence-electron chi connectivity index (χ2n) is 4.28. The molecule has 0 aliphatic rings. The van der Waals surface area contributed by atoms with Crippen LogP contribution in [0.5, 0.6) is 0 Å². The summed E-state index contributed by atoms with van der Waals surface area (Å²) in [6.45, 7) is 0. The summed E-state index contributed by atoms with van der Waals surface area (Å²) in [7, 11) is 1.02. The van der Waals surface area contributed by atoms with Crippen molar-refractivity contribution in [3.05, 3.63) is 69.5 Å². The number of ether oxygens (including phenoxy) is 1. The molecular weight excluding hydrogens is 305 g/mol. The molecule has 0 aliphatic carbocycles. The molecule has 0 unspecified atom stereocenters. The van der Waals surface area contributed by atoms with Gasteiger partial charge in [-0.25, -0.2) is 18.0 Å². The first-order valence-corrected chi connectivity index (χ1v) is 6.31. The predicted molar refractivity (Wildman–Crippen MR) is 71.9 cm³/mol. The van der Waals surface area contributed by atoms with Crippen molar-refractivity contribution in [1.29, 1.82) is 0 Å². The fourth-order valence-electron chi connectivity index (χ4n) is 1.91. The number of halogens is 4. The Morgan fingerprint density at radius 1 is 1.10 bits per heavy atom. The molecule has 0 aromatic heterocycles. The quantitative estimate of drug-likeness (QED) is 0.796.